The predicted molar refractivity (Wildman–Crippen MR) is 148 cm³/mol. The lowest BCUT2D eigenvalue weighted by molar-refractivity contribution is -0.285. The van der Waals surface area contributed by atoms with Crippen LogP contribution in [0.4, 0.5) is 0 Å². The second kappa shape index (κ2) is 13.0. The van der Waals surface area contributed by atoms with Gasteiger partial charge in [0.1, 0.15) is 65.7 Å². The normalized spacial score (nSPS) is 34.6. The lowest BCUT2D eigenvalue weighted by Crippen LogP contribution is -2.60. The lowest BCUT2D eigenvalue weighted by atomic mass is 9.98. The summed E-state index contributed by atoms with van der Waals surface area (Å²) in [7, 11) is 2.65. The number of aliphatic hydroxyl groups is 7. The van der Waals surface area contributed by atoms with E-state index in [0.29, 0.717) is 5.56 Å². The average Bonchev–Trinajstić information content (AvgIpc) is 3.02. The fourth-order valence-electron chi connectivity index (χ4n) is 5.26. The first-order valence-electron chi connectivity index (χ1n) is 13.9. The SMILES string of the molecule is COc1cc(C2Oc3cc(O)cc(OC4OC(CO)C(O)C(O)C4O)c3C=C2OC2OC(C)C(O)C(O)C2O)cc(OC)c1O. The third kappa shape index (κ3) is 6.16. The Morgan fingerprint density at radius 2 is 1.31 bits per heavy atom. The number of phenolic OH excluding ortho intramolecular Hbond substituents is 2. The van der Waals surface area contributed by atoms with Crippen molar-refractivity contribution in [2.24, 2.45) is 0 Å². The molecule has 0 amide bonds. The van der Waals surface area contributed by atoms with Gasteiger partial charge in [-0.05, 0) is 25.1 Å². The van der Waals surface area contributed by atoms with Gasteiger partial charge < -0.3 is 79.1 Å². The minimum absolute atomic E-state index is 0.0155. The van der Waals surface area contributed by atoms with Crippen LogP contribution >= 0.6 is 0 Å². The summed E-state index contributed by atoms with van der Waals surface area (Å²) in [6.45, 7) is 0.771. The average molecular weight is 641 g/mol. The molecule has 3 aliphatic heterocycles. The van der Waals surface area contributed by atoms with Crippen molar-refractivity contribution in [3.05, 3.63) is 41.2 Å². The number of hydrogen-bond acceptors (Lipinski definition) is 16. The van der Waals surface area contributed by atoms with E-state index in [1.165, 1.54) is 45.4 Å². The highest BCUT2D eigenvalue weighted by Gasteiger charge is 2.46. The topological polar surface area (TPSA) is 247 Å². The summed E-state index contributed by atoms with van der Waals surface area (Å²) in [5, 5.41) is 92.6. The van der Waals surface area contributed by atoms with Gasteiger partial charge in [-0.1, -0.05) is 0 Å². The van der Waals surface area contributed by atoms with Crippen LogP contribution in [0.5, 0.6) is 34.5 Å². The minimum atomic E-state index is -1.77. The Kier molecular flexibility index (Phi) is 9.50. The van der Waals surface area contributed by atoms with E-state index in [0.717, 1.165) is 6.07 Å². The minimum Gasteiger partial charge on any atom is -0.508 e. The summed E-state index contributed by atoms with van der Waals surface area (Å²) in [4.78, 5) is 0. The molecular formula is C29H36O16. The van der Waals surface area contributed by atoms with Crippen LogP contribution in [0.25, 0.3) is 6.08 Å². The largest absolute Gasteiger partial charge is 0.508 e. The zero-order valence-corrected chi connectivity index (χ0v) is 24.3. The van der Waals surface area contributed by atoms with Crippen molar-refractivity contribution in [3.8, 4) is 34.5 Å². The maximum atomic E-state index is 10.7. The maximum Gasteiger partial charge on any atom is 0.229 e. The lowest BCUT2D eigenvalue weighted by Gasteiger charge is -2.41. The molecule has 0 aliphatic carbocycles. The first kappa shape index (κ1) is 32.8. The number of hydrogen-bond donors (Lipinski definition) is 9. The van der Waals surface area contributed by atoms with E-state index in [4.69, 9.17) is 33.2 Å². The molecule has 3 heterocycles. The Morgan fingerprint density at radius 3 is 1.91 bits per heavy atom. The molecule has 9 N–H and O–H groups in total. The molecule has 45 heavy (non-hydrogen) atoms. The Labute approximate surface area is 256 Å². The van der Waals surface area contributed by atoms with Gasteiger partial charge in [-0.15, -0.1) is 0 Å². The number of methoxy groups -OCH3 is 2. The summed E-state index contributed by atoms with van der Waals surface area (Å²) >= 11 is 0. The highest BCUT2D eigenvalue weighted by Crippen LogP contribution is 2.48. The van der Waals surface area contributed by atoms with Crippen LogP contribution in [0.2, 0.25) is 0 Å². The zero-order chi connectivity index (χ0) is 32.7. The molecule has 0 aromatic heterocycles. The fraction of sp³-hybridized carbons (Fsp3) is 0.517. The zero-order valence-electron chi connectivity index (χ0n) is 24.3. The smallest absolute Gasteiger partial charge is 0.229 e. The molecule has 3 aliphatic rings. The van der Waals surface area contributed by atoms with Crippen LogP contribution in [0.1, 0.15) is 24.2 Å². The van der Waals surface area contributed by atoms with E-state index in [1.54, 1.807) is 0 Å². The molecule has 0 saturated carbocycles. The Bertz CT molecular complexity index is 1370. The second-order valence-electron chi connectivity index (χ2n) is 10.8. The van der Waals surface area contributed by atoms with Gasteiger partial charge in [-0.25, -0.2) is 0 Å². The number of rotatable bonds is 8. The monoisotopic (exact) mass is 640 g/mol. The van der Waals surface area contributed by atoms with Gasteiger partial charge in [-0.3, -0.25) is 0 Å². The summed E-state index contributed by atoms with van der Waals surface area (Å²) in [6, 6.07) is 5.26. The molecule has 2 aromatic carbocycles. The van der Waals surface area contributed by atoms with Crippen molar-refractivity contribution in [1.29, 1.82) is 0 Å². The first-order chi connectivity index (χ1) is 21.4. The molecule has 0 bridgehead atoms. The molecule has 0 spiro atoms. The Balaban J connectivity index is 1.58. The molecule has 2 saturated heterocycles. The summed E-state index contributed by atoms with van der Waals surface area (Å²) < 4.78 is 39.7. The van der Waals surface area contributed by atoms with Crippen molar-refractivity contribution in [3.63, 3.8) is 0 Å². The fourth-order valence-corrected chi connectivity index (χ4v) is 5.26. The third-order valence-corrected chi connectivity index (χ3v) is 7.84. The predicted octanol–water partition coefficient (Wildman–Crippen LogP) is -1.39. The van der Waals surface area contributed by atoms with Crippen molar-refractivity contribution in [2.45, 2.75) is 74.4 Å². The van der Waals surface area contributed by atoms with Crippen LogP contribution in [0, 0.1) is 0 Å². The molecule has 11 atom stereocenters. The summed E-state index contributed by atoms with van der Waals surface area (Å²) in [5.41, 5.74) is 0.421. The molecule has 16 heteroatoms. The van der Waals surface area contributed by atoms with E-state index in [2.05, 4.69) is 0 Å². The van der Waals surface area contributed by atoms with E-state index in [-0.39, 0.29) is 45.8 Å². The molecule has 16 nitrogen and oxygen atoms in total. The van der Waals surface area contributed by atoms with Crippen LogP contribution < -0.4 is 18.9 Å². The second-order valence-corrected chi connectivity index (χ2v) is 10.8. The van der Waals surface area contributed by atoms with Crippen molar-refractivity contribution < 1.29 is 79.1 Å². The van der Waals surface area contributed by atoms with Gasteiger partial charge in [0.15, 0.2) is 17.6 Å². The maximum absolute atomic E-state index is 10.7. The molecule has 2 aromatic rings. The standard InChI is InChI=1S/C29H36O16/c1-10-20(32)23(35)25(37)28(41-10)44-18-8-13-14(42-27(18)11-4-16(39-2)21(33)17(5-11)40-3)6-12(31)7-15(13)43-29-26(38)24(36)22(34)19(9-30)45-29/h4-8,10,19-20,22-38H,9H2,1-3H3. The third-order valence-electron chi connectivity index (χ3n) is 7.84. The van der Waals surface area contributed by atoms with E-state index in [9.17, 15) is 46.0 Å². The van der Waals surface area contributed by atoms with E-state index >= 15 is 0 Å². The number of aliphatic hydroxyl groups excluding tert-OH is 7. The van der Waals surface area contributed by atoms with Gasteiger partial charge in [-0.2, -0.15) is 0 Å². The molecule has 2 fully saturated rings. The molecular weight excluding hydrogens is 604 g/mol. The molecule has 5 rings (SSSR count). The van der Waals surface area contributed by atoms with Gasteiger partial charge in [0.25, 0.3) is 0 Å². The highest BCUT2D eigenvalue weighted by molar-refractivity contribution is 5.70. The van der Waals surface area contributed by atoms with Gasteiger partial charge in [0, 0.05) is 17.7 Å². The van der Waals surface area contributed by atoms with Crippen LogP contribution in [0.15, 0.2) is 30.0 Å². The Hall–Kier alpha value is -3.58. The van der Waals surface area contributed by atoms with Crippen molar-refractivity contribution in [1.82, 2.24) is 0 Å². The number of benzene rings is 2. The molecule has 11 unspecified atom stereocenters. The highest BCUT2D eigenvalue weighted by atomic mass is 16.7. The van der Waals surface area contributed by atoms with Gasteiger partial charge >= 0.3 is 0 Å². The van der Waals surface area contributed by atoms with Crippen molar-refractivity contribution in [2.75, 3.05) is 20.8 Å². The van der Waals surface area contributed by atoms with Gasteiger partial charge in [0.05, 0.1) is 32.5 Å². The molecule has 0 radical (unpaired) electrons. The number of phenols is 2. The molecule has 248 valence electrons. The summed E-state index contributed by atoms with van der Waals surface area (Å²) in [6.07, 6.45) is -15.0. The quantitative estimate of drug-likeness (QED) is 0.161. The van der Waals surface area contributed by atoms with E-state index in [1.807, 2.05) is 0 Å². The van der Waals surface area contributed by atoms with E-state index < -0.39 is 74.1 Å². The van der Waals surface area contributed by atoms with Crippen molar-refractivity contribution >= 4 is 6.08 Å². The number of aromatic hydroxyl groups is 2. The van der Waals surface area contributed by atoms with Crippen LogP contribution in [-0.4, -0.2) is 128 Å². The van der Waals surface area contributed by atoms with Crippen LogP contribution in [-0.2, 0) is 14.2 Å². The van der Waals surface area contributed by atoms with Gasteiger partial charge in [0.2, 0.25) is 18.3 Å². The number of ether oxygens (including phenoxy) is 7. The van der Waals surface area contributed by atoms with Crippen LogP contribution in [0.3, 0.4) is 0 Å². The summed E-state index contributed by atoms with van der Waals surface area (Å²) in [5.74, 6) is -0.792. The first-order valence-corrected chi connectivity index (χ1v) is 13.9. The Morgan fingerprint density at radius 1 is 0.711 bits per heavy atom. The number of fused-ring (bicyclic) bond motifs is 1.